The summed E-state index contributed by atoms with van der Waals surface area (Å²) in [5, 5.41) is 7.98. The average Bonchev–Trinajstić information content (AvgIpc) is 2.25. The molecule has 4 heteroatoms. The van der Waals surface area contributed by atoms with E-state index < -0.39 is 0 Å². The van der Waals surface area contributed by atoms with Crippen molar-refractivity contribution < 1.29 is 4.74 Å². The number of thioether (sulfide) groups is 1. The van der Waals surface area contributed by atoms with E-state index in [1.54, 1.807) is 7.11 Å². The van der Waals surface area contributed by atoms with Crippen LogP contribution in [-0.4, -0.2) is 18.2 Å². The lowest BCUT2D eigenvalue weighted by atomic mass is 10.1. The molecule has 0 fully saturated rings. The highest BCUT2D eigenvalue weighted by Crippen LogP contribution is 2.26. The third kappa shape index (κ3) is 3.45. The lowest BCUT2D eigenvalue weighted by Gasteiger charge is -2.11. The first-order valence-corrected chi connectivity index (χ1v) is 6.22. The van der Waals surface area contributed by atoms with Crippen LogP contribution in [-0.2, 0) is 5.75 Å². The Morgan fingerprint density at radius 3 is 2.69 bits per heavy atom. The first-order chi connectivity index (χ1) is 7.54. The molecule has 0 atom stereocenters. The van der Waals surface area contributed by atoms with Crippen LogP contribution in [0.1, 0.15) is 25.0 Å². The van der Waals surface area contributed by atoms with Crippen molar-refractivity contribution in [2.45, 2.75) is 24.9 Å². The maximum absolute atomic E-state index is 7.41. The van der Waals surface area contributed by atoms with Gasteiger partial charge in [0.25, 0.3) is 0 Å². The van der Waals surface area contributed by atoms with Crippen molar-refractivity contribution in [1.82, 2.24) is 0 Å². The summed E-state index contributed by atoms with van der Waals surface area (Å²) in [6, 6.07) is 5.61. The molecule has 0 aliphatic heterocycles. The summed E-state index contributed by atoms with van der Waals surface area (Å²) in [6.45, 7) is 4.32. The number of benzene rings is 1. The van der Waals surface area contributed by atoms with E-state index in [9.17, 15) is 0 Å². The fraction of sp³-hybridized carbons (Fsp3) is 0.417. The van der Waals surface area contributed by atoms with Crippen molar-refractivity contribution in [2.24, 2.45) is 5.73 Å². The fourth-order valence-corrected chi connectivity index (χ4v) is 2.05. The largest absolute Gasteiger partial charge is 0.496 e. The number of nitrogens with two attached hydrogens (primary N) is 1. The minimum absolute atomic E-state index is 0.0958. The molecule has 3 N–H and O–H groups in total. The van der Waals surface area contributed by atoms with Crippen LogP contribution < -0.4 is 10.5 Å². The maximum Gasteiger partial charge on any atom is 0.122 e. The molecule has 1 rings (SSSR count). The minimum Gasteiger partial charge on any atom is -0.496 e. The second-order valence-electron chi connectivity index (χ2n) is 3.80. The molecule has 0 radical (unpaired) electrons. The molecule has 3 nitrogen and oxygen atoms in total. The van der Waals surface area contributed by atoms with Gasteiger partial charge in [-0.25, -0.2) is 0 Å². The van der Waals surface area contributed by atoms with E-state index in [-0.39, 0.29) is 5.84 Å². The molecule has 0 saturated heterocycles. The van der Waals surface area contributed by atoms with Crippen molar-refractivity contribution in [3.8, 4) is 5.75 Å². The summed E-state index contributed by atoms with van der Waals surface area (Å²) < 4.78 is 5.29. The molecule has 1 aromatic carbocycles. The molecule has 1 aromatic rings. The smallest absolute Gasteiger partial charge is 0.122 e. The van der Waals surface area contributed by atoms with Gasteiger partial charge in [-0.1, -0.05) is 13.8 Å². The van der Waals surface area contributed by atoms with Gasteiger partial charge in [0, 0.05) is 16.9 Å². The van der Waals surface area contributed by atoms with Gasteiger partial charge in [0.2, 0.25) is 0 Å². The fourth-order valence-electron chi connectivity index (χ4n) is 1.32. The van der Waals surface area contributed by atoms with Crippen molar-refractivity contribution in [2.75, 3.05) is 7.11 Å². The lowest BCUT2D eigenvalue weighted by Crippen LogP contribution is -2.11. The lowest BCUT2D eigenvalue weighted by molar-refractivity contribution is 0.411. The topological polar surface area (TPSA) is 59.1 Å². The van der Waals surface area contributed by atoms with Crippen LogP contribution in [0.25, 0.3) is 0 Å². The van der Waals surface area contributed by atoms with E-state index in [1.165, 1.54) is 0 Å². The summed E-state index contributed by atoms with van der Waals surface area (Å²) in [4.78, 5) is 0. The van der Waals surface area contributed by atoms with Gasteiger partial charge >= 0.3 is 0 Å². The quantitative estimate of drug-likeness (QED) is 0.612. The van der Waals surface area contributed by atoms with Crippen LogP contribution in [0.3, 0.4) is 0 Å². The third-order valence-electron chi connectivity index (χ3n) is 2.16. The van der Waals surface area contributed by atoms with E-state index in [0.717, 1.165) is 22.6 Å². The van der Waals surface area contributed by atoms with Crippen molar-refractivity contribution in [3.05, 3.63) is 29.3 Å². The Balaban J connectivity index is 2.93. The molecule has 0 spiro atoms. The van der Waals surface area contributed by atoms with Gasteiger partial charge in [-0.2, -0.15) is 11.8 Å². The highest BCUT2D eigenvalue weighted by atomic mass is 32.2. The molecule has 0 saturated carbocycles. The van der Waals surface area contributed by atoms with Crippen molar-refractivity contribution >= 4 is 17.6 Å². The molecule has 0 amide bonds. The van der Waals surface area contributed by atoms with Gasteiger partial charge in [0.05, 0.1) is 7.11 Å². The highest BCUT2D eigenvalue weighted by molar-refractivity contribution is 7.99. The molecule has 16 heavy (non-hydrogen) atoms. The predicted molar refractivity (Wildman–Crippen MR) is 70.4 cm³/mol. The monoisotopic (exact) mass is 238 g/mol. The Labute approximate surface area is 101 Å². The second-order valence-corrected chi connectivity index (χ2v) is 5.36. The van der Waals surface area contributed by atoms with Gasteiger partial charge in [-0.3, -0.25) is 5.41 Å². The number of nitrogens with one attached hydrogen (secondary N) is 1. The third-order valence-corrected chi connectivity index (χ3v) is 3.31. The normalized spacial score (nSPS) is 10.5. The first-order valence-electron chi connectivity index (χ1n) is 5.17. The summed E-state index contributed by atoms with van der Waals surface area (Å²) in [5.41, 5.74) is 7.31. The van der Waals surface area contributed by atoms with Crippen LogP contribution in [0.15, 0.2) is 18.2 Å². The van der Waals surface area contributed by atoms with Gasteiger partial charge in [-0.15, -0.1) is 0 Å². The van der Waals surface area contributed by atoms with E-state index in [2.05, 4.69) is 13.8 Å². The van der Waals surface area contributed by atoms with Crippen molar-refractivity contribution in [1.29, 1.82) is 5.41 Å². The molecule has 0 aliphatic carbocycles. The molecule has 0 aromatic heterocycles. The Morgan fingerprint density at radius 2 is 2.19 bits per heavy atom. The van der Waals surface area contributed by atoms with Crippen LogP contribution in [0.5, 0.6) is 5.75 Å². The first kappa shape index (κ1) is 12.9. The second kappa shape index (κ2) is 5.80. The van der Waals surface area contributed by atoms with E-state index in [1.807, 2.05) is 30.0 Å². The Morgan fingerprint density at radius 1 is 1.50 bits per heavy atom. The zero-order valence-electron chi connectivity index (χ0n) is 9.91. The van der Waals surface area contributed by atoms with Gasteiger partial charge in [0.15, 0.2) is 0 Å². The standard InChI is InChI=1S/C12H18N2OS/c1-8(2)16-7-10-6-9(12(13)14)4-5-11(10)15-3/h4-6,8H,7H2,1-3H3,(H3,13,14). The number of rotatable bonds is 5. The zero-order chi connectivity index (χ0) is 12.1. The van der Waals surface area contributed by atoms with E-state index >= 15 is 0 Å². The molecule has 0 aliphatic rings. The van der Waals surface area contributed by atoms with Crippen LogP contribution in [0, 0.1) is 5.41 Å². The Kier molecular flexibility index (Phi) is 4.68. The minimum atomic E-state index is 0.0958. The van der Waals surface area contributed by atoms with Gasteiger partial charge in [-0.05, 0) is 23.4 Å². The summed E-state index contributed by atoms with van der Waals surface area (Å²) in [6.07, 6.45) is 0. The van der Waals surface area contributed by atoms with Gasteiger partial charge < -0.3 is 10.5 Å². The number of methoxy groups -OCH3 is 1. The van der Waals surface area contributed by atoms with Crippen LogP contribution in [0.4, 0.5) is 0 Å². The highest BCUT2D eigenvalue weighted by Gasteiger charge is 2.07. The number of amidine groups is 1. The SMILES string of the molecule is COc1ccc(C(=N)N)cc1CSC(C)C. The van der Waals surface area contributed by atoms with Crippen LogP contribution in [0.2, 0.25) is 0 Å². The molecule has 0 heterocycles. The Hall–Kier alpha value is -1.16. The summed E-state index contributed by atoms with van der Waals surface area (Å²) >= 11 is 1.84. The molecule has 88 valence electrons. The summed E-state index contributed by atoms with van der Waals surface area (Å²) in [5.74, 6) is 1.83. The zero-order valence-corrected chi connectivity index (χ0v) is 10.7. The average molecular weight is 238 g/mol. The summed E-state index contributed by atoms with van der Waals surface area (Å²) in [7, 11) is 1.66. The molecular formula is C12H18N2OS. The van der Waals surface area contributed by atoms with Gasteiger partial charge in [0.1, 0.15) is 11.6 Å². The maximum atomic E-state index is 7.41. The number of hydrogen-bond donors (Lipinski definition) is 2. The van der Waals surface area contributed by atoms with E-state index in [0.29, 0.717) is 5.25 Å². The Bertz CT molecular complexity index is 377. The van der Waals surface area contributed by atoms with E-state index in [4.69, 9.17) is 15.9 Å². The number of hydrogen-bond acceptors (Lipinski definition) is 3. The predicted octanol–water partition coefficient (Wildman–Crippen LogP) is 2.62. The molecular weight excluding hydrogens is 220 g/mol. The number of nitrogen functional groups attached to an aromatic ring is 1. The number of ether oxygens (including phenoxy) is 1. The molecule has 0 unspecified atom stereocenters. The molecule has 0 bridgehead atoms. The van der Waals surface area contributed by atoms with Crippen molar-refractivity contribution in [3.63, 3.8) is 0 Å². The van der Waals surface area contributed by atoms with Crippen LogP contribution >= 0.6 is 11.8 Å².